The molecule has 22 heavy (non-hydrogen) atoms. The molecule has 2 aliphatic carbocycles. The Kier molecular flexibility index (Phi) is 5.29. The van der Waals surface area contributed by atoms with Gasteiger partial charge in [0.2, 0.25) is 0 Å². The minimum absolute atomic E-state index is 0.580. The zero-order chi connectivity index (χ0) is 15.2. The van der Waals surface area contributed by atoms with Gasteiger partial charge in [0.1, 0.15) is 12.7 Å². The summed E-state index contributed by atoms with van der Waals surface area (Å²) in [6, 6.07) is 0.580. The van der Waals surface area contributed by atoms with E-state index in [4.69, 9.17) is 0 Å². The van der Waals surface area contributed by atoms with E-state index < -0.39 is 0 Å². The van der Waals surface area contributed by atoms with Gasteiger partial charge in [0.25, 0.3) is 0 Å². The molecule has 122 valence electrons. The number of nitrogens with one attached hydrogen (secondary N) is 2. The number of rotatable bonds is 4. The van der Waals surface area contributed by atoms with Crippen molar-refractivity contribution in [1.82, 2.24) is 25.4 Å². The van der Waals surface area contributed by atoms with Crippen LogP contribution in [0.4, 0.5) is 0 Å². The molecule has 6 nitrogen and oxygen atoms in total. The van der Waals surface area contributed by atoms with Gasteiger partial charge >= 0.3 is 0 Å². The number of hydrogen-bond donors (Lipinski definition) is 2. The van der Waals surface area contributed by atoms with Crippen LogP contribution in [0, 0.1) is 11.8 Å². The van der Waals surface area contributed by atoms with Gasteiger partial charge in [0, 0.05) is 19.6 Å². The van der Waals surface area contributed by atoms with Crippen molar-refractivity contribution in [3.8, 4) is 0 Å². The Bertz CT molecular complexity index is 469. The van der Waals surface area contributed by atoms with Crippen molar-refractivity contribution >= 4 is 5.96 Å². The van der Waals surface area contributed by atoms with Crippen molar-refractivity contribution in [3.63, 3.8) is 0 Å². The summed E-state index contributed by atoms with van der Waals surface area (Å²) in [5, 5.41) is 11.1. The molecule has 3 rings (SSSR count). The molecule has 3 atom stereocenters. The van der Waals surface area contributed by atoms with Gasteiger partial charge in [-0.3, -0.25) is 9.67 Å². The molecule has 1 heterocycles. The fourth-order valence-corrected chi connectivity index (χ4v) is 4.03. The first kappa shape index (κ1) is 15.3. The van der Waals surface area contributed by atoms with Crippen molar-refractivity contribution in [2.75, 3.05) is 13.6 Å². The van der Waals surface area contributed by atoms with Gasteiger partial charge in [0.05, 0.1) is 6.54 Å². The summed E-state index contributed by atoms with van der Waals surface area (Å²) in [5.74, 6) is 2.85. The lowest BCUT2D eigenvalue weighted by molar-refractivity contribution is 0.150. The quantitative estimate of drug-likeness (QED) is 0.657. The summed E-state index contributed by atoms with van der Waals surface area (Å²) in [6.45, 7) is 1.61. The molecule has 0 amide bonds. The van der Waals surface area contributed by atoms with Gasteiger partial charge in [-0.25, -0.2) is 4.98 Å². The minimum Gasteiger partial charge on any atom is -0.355 e. The normalized spacial score (nSPS) is 29.0. The van der Waals surface area contributed by atoms with E-state index >= 15 is 0 Å². The van der Waals surface area contributed by atoms with Crippen molar-refractivity contribution in [2.45, 2.75) is 57.5 Å². The van der Waals surface area contributed by atoms with Crippen molar-refractivity contribution < 1.29 is 0 Å². The lowest BCUT2D eigenvalue weighted by Crippen LogP contribution is -2.47. The molecule has 1 aromatic rings. The van der Waals surface area contributed by atoms with Gasteiger partial charge in [-0.05, 0) is 31.1 Å². The molecule has 0 saturated heterocycles. The molecule has 0 spiro atoms. The van der Waals surface area contributed by atoms with Crippen LogP contribution in [0.25, 0.3) is 0 Å². The van der Waals surface area contributed by atoms with E-state index in [2.05, 4.69) is 25.7 Å². The third-order valence-electron chi connectivity index (χ3n) is 5.20. The molecule has 2 saturated carbocycles. The number of guanidine groups is 1. The van der Waals surface area contributed by atoms with Gasteiger partial charge in [-0.1, -0.05) is 25.7 Å². The van der Waals surface area contributed by atoms with E-state index in [-0.39, 0.29) is 0 Å². The van der Waals surface area contributed by atoms with Crippen LogP contribution >= 0.6 is 0 Å². The van der Waals surface area contributed by atoms with Gasteiger partial charge < -0.3 is 10.6 Å². The van der Waals surface area contributed by atoms with Crippen LogP contribution < -0.4 is 10.6 Å². The fourth-order valence-electron chi connectivity index (χ4n) is 4.03. The first-order valence-electron chi connectivity index (χ1n) is 8.64. The molecule has 6 heteroatoms. The average molecular weight is 304 g/mol. The molecule has 2 aliphatic rings. The topological polar surface area (TPSA) is 67.1 Å². The summed E-state index contributed by atoms with van der Waals surface area (Å²) in [7, 11) is 1.84. The number of aliphatic imine (C=N–C) groups is 1. The summed E-state index contributed by atoms with van der Waals surface area (Å²) in [6.07, 6.45) is 13.1. The van der Waals surface area contributed by atoms with Crippen molar-refractivity contribution in [3.05, 3.63) is 12.7 Å². The van der Waals surface area contributed by atoms with E-state index in [1.54, 1.807) is 12.7 Å². The zero-order valence-electron chi connectivity index (χ0n) is 13.5. The number of hydrogen-bond acceptors (Lipinski definition) is 3. The number of fused-ring (bicyclic) bond motifs is 1. The van der Waals surface area contributed by atoms with Gasteiger partial charge in [-0.2, -0.15) is 5.10 Å². The Morgan fingerprint density at radius 1 is 1.23 bits per heavy atom. The molecule has 0 aliphatic heterocycles. The Balaban J connectivity index is 1.42. The van der Waals surface area contributed by atoms with Crippen LogP contribution in [0.15, 0.2) is 17.6 Å². The fraction of sp³-hybridized carbons (Fsp3) is 0.812. The molecule has 3 unspecified atom stereocenters. The van der Waals surface area contributed by atoms with Crippen molar-refractivity contribution in [2.24, 2.45) is 16.8 Å². The Hall–Kier alpha value is -1.59. The smallest absolute Gasteiger partial charge is 0.191 e. The highest BCUT2D eigenvalue weighted by atomic mass is 15.3. The molecule has 0 radical (unpaired) electrons. The van der Waals surface area contributed by atoms with Crippen LogP contribution in [0.3, 0.4) is 0 Å². The predicted octanol–water partition coefficient (Wildman–Crippen LogP) is 1.80. The number of aromatic nitrogens is 3. The molecule has 0 bridgehead atoms. The zero-order valence-corrected chi connectivity index (χ0v) is 13.5. The van der Waals surface area contributed by atoms with Crippen LogP contribution in [-0.4, -0.2) is 40.4 Å². The highest BCUT2D eigenvalue weighted by Gasteiger charge is 2.32. The van der Waals surface area contributed by atoms with Crippen LogP contribution in [-0.2, 0) is 6.54 Å². The second kappa shape index (κ2) is 7.61. The maximum atomic E-state index is 4.35. The second-order valence-corrected chi connectivity index (χ2v) is 6.62. The standard InChI is InChI=1S/C16H28N6/c1-17-16(19-8-9-22-12-18-11-20-22)21-15-7-6-13-4-2-3-5-14(13)10-15/h11-15H,2-10H2,1H3,(H2,17,19,21). The van der Waals surface area contributed by atoms with E-state index in [9.17, 15) is 0 Å². The third-order valence-corrected chi connectivity index (χ3v) is 5.20. The number of nitrogens with zero attached hydrogens (tertiary/aromatic N) is 4. The highest BCUT2D eigenvalue weighted by molar-refractivity contribution is 5.79. The van der Waals surface area contributed by atoms with E-state index in [1.165, 1.54) is 44.9 Å². The van der Waals surface area contributed by atoms with Gasteiger partial charge in [0.15, 0.2) is 5.96 Å². The Morgan fingerprint density at radius 2 is 2.09 bits per heavy atom. The van der Waals surface area contributed by atoms with Crippen LogP contribution in [0.2, 0.25) is 0 Å². The molecule has 0 aromatic carbocycles. The monoisotopic (exact) mass is 304 g/mol. The van der Waals surface area contributed by atoms with E-state index in [0.29, 0.717) is 6.04 Å². The maximum Gasteiger partial charge on any atom is 0.191 e. The highest BCUT2D eigenvalue weighted by Crippen LogP contribution is 2.40. The second-order valence-electron chi connectivity index (χ2n) is 6.62. The molecular formula is C16H28N6. The van der Waals surface area contributed by atoms with E-state index in [1.807, 2.05) is 11.7 Å². The largest absolute Gasteiger partial charge is 0.355 e. The lowest BCUT2D eigenvalue weighted by Gasteiger charge is -2.39. The predicted molar refractivity (Wildman–Crippen MR) is 87.6 cm³/mol. The first-order valence-corrected chi connectivity index (χ1v) is 8.64. The SMILES string of the molecule is CN=C(NCCn1cncn1)NC1CCC2CCCCC2C1. The van der Waals surface area contributed by atoms with Gasteiger partial charge in [-0.15, -0.1) is 0 Å². The minimum atomic E-state index is 0.580. The van der Waals surface area contributed by atoms with Crippen LogP contribution in [0.1, 0.15) is 44.9 Å². The van der Waals surface area contributed by atoms with E-state index in [0.717, 1.165) is 30.9 Å². The summed E-state index contributed by atoms with van der Waals surface area (Å²) >= 11 is 0. The summed E-state index contributed by atoms with van der Waals surface area (Å²) in [5.41, 5.74) is 0. The molecule has 1 aromatic heterocycles. The Labute approximate surface area is 132 Å². The first-order chi connectivity index (χ1) is 10.8. The van der Waals surface area contributed by atoms with Crippen molar-refractivity contribution in [1.29, 1.82) is 0 Å². The van der Waals surface area contributed by atoms with Crippen LogP contribution in [0.5, 0.6) is 0 Å². The molecular weight excluding hydrogens is 276 g/mol. The molecule has 2 fully saturated rings. The molecule has 2 N–H and O–H groups in total. The lowest BCUT2D eigenvalue weighted by atomic mass is 9.69. The Morgan fingerprint density at radius 3 is 2.86 bits per heavy atom. The average Bonchev–Trinajstić information content (AvgIpc) is 3.07. The summed E-state index contributed by atoms with van der Waals surface area (Å²) in [4.78, 5) is 8.30. The third kappa shape index (κ3) is 3.99. The summed E-state index contributed by atoms with van der Waals surface area (Å²) < 4.78 is 1.83. The maximum absolute atomic E-state index is 4.35.